The Morgan fingerprint density at radius 1 is 1.22 bits per heavy atom. The predicted octanol–water partition coefficient (Wildman–Crippen LogP) is 3.18. The Balaban J connectivity index is 2.04. The summed E-state index contributed by atoms with van der Waals surface area (Å²) in [6.07, 6.45) is 4.94. The van der Waals surface area contributed by atoms with Crippen molar-refractivity contribution in [2.75, 3.05) is 6.54 Å². The van der Waals surface area contributed by atoms with Gasteiger partial charge in [-0.1, -0.05) is 25.1 Å². The summed E-state index contributed by atoms with van der Waals surface area (Å²) >= 11 is 0. The summed E-state index contributed by atoms with van der Waals surface area (Å²) in [5.41, 5.74) is 1.89. The van der Waals surface area contributed by atoms with E-state index in [0.29, 0.717) is 6.42 Å². The molecule has 2 rings (SSSR count). The summed E-state index contributed by atoms with van der Waals surface area (Å²) in [5, 5.41) is 3.39. The molecule has 0 amide bonds. The first-order valence-corrected chi connectivity index (χ1v) is 6.27. The van der Waals surface area contributed by atoms with Gasteiger partial charge in [0.05, 0.1) is 12.5 Å². The molecule has 3 heteroatoms. The van der Waals surface area contributed by atoms with Gasteiger partial charge in [-0.2, -0.15) is 0 Å². The molecule has 1 N–H and O–H groups in total. The summed E-state index contributed by atoms with van der Waals surface area (Å²) in [6, 6.07) is 9.12. The Hall–Kier alpha value is -1.61. The Bertz CT molecular complexity index is 467. The lowest BCUT2D eigenvalue weighted by Gasteiger charge is -2.17. The van der Waals surface area contributed by atoms with Crippen LogP contribution < -0.4 is 5.32 Å². The zero-order chi connectivity index (χ0) is 12.8. The van der Waals surface area contributed by atoms with Crippen molar-refractivity contribution in [2.45, 2.75) is 25.8 Å². The van der Waals surface area contributed by atoms with Crippen LogP contribution in [0.25, 0.3) is 0 Å². The average molecular weight is 247 g/mol. The summed E-state index contributed by atoms with van der Waals surface area (Å²) in [4.78, 5) is 0. The second-order valence-electron chi connectivity index (χ2n) is 4.39. The number of likely N-dealkylation sites (N-methyl/N-ethyl adjacent to an activating group) is 1. The highest BCUT2D eigenvalue weighted by Gasteiger charge is 2.12. The molecule has 0 fully saturated rings. The molecule has 0 saturated carbocycles. The van der Waals surface area contributed by atoms with Crippen LogP contribution in [-0.2, 0) is 12.8 Å². The van der Waals surface area contributed by atoms with Gasteiger partial charge in [-0.25, -0.2) is 4.39 Å². The molecule has 1 atom stereocenters. The standard InChI is InChI=1S/C15H18FNO/c1-2-17-14(9-12-7-8-18-11-12)10-13-5-3-4-6-15(13)16/h3-8,11,14,17H,2,9-10H2,1H3. The topological polar surface area (TPSA) is 25.2 Å². The van der Waals surface area contributed by atoms with E-state index in [2.05, 4.69) is 12.2 Å². The van der Waals surface area contributed by atoms with Crippen molar-refractivity contribution in [2.24, 2.45) is 0 Å². The Kier molecular flexibility index (Phi) is 4.53. The highest BCUT2D eigenvalue weighted by molar-refractivity contribution is 5.19. The quantitative estimate of drug-likeness (QED) is 0.848. The van der Waals surface area contributed by atoms with E-state index in [1.54, 1.807) is 18.6 Å². The second-order valence-corrected chi connectivity index (χ2v) is 4.39. The normalized spacial score (nSPS) is 12.6. The summed E-state index contributed by atoms with van der Waals surface area (Å²) < 4.78 is 18.7. The van der Waals surface area contributed by atoms with E-state index >= 15 is 0 Å². The number of hydrogen-bond acceptors (Lipinski definition) is 2. The number of furan rings is 1. The number of halogens is 1. The van der Waals surface area contributed by atoms with E-state index < -0.39 is 0 Å². The third kappa shape index (κ3) is 3.44. The van der Waals surface area contributed by atoms with Crippen molar-refractivity contribution in [3.05, 3.63) is 59.8 Å². The third-order valence-electron chi connectivity index (χ3n) is 2.98. The van der Waals surface area contributed by atoms with Gasteiger partial charge < -0.3 is 9.73 Å². The molecule has 1 unspecified atom stereocenters. The first-order chi connectivity index (χ1) is 8.79. The molecule has 1 aromatic carbocycles. The molecule has 0 aliphatic rings. The first kappa shape index (κ1) is 12.8. The van der Waals surface area contributed by atoms with E-state index in [1.807, 2.05) is 18.2 Å². The zero-order valence-corrected chi connectivity index (χ0v) is 10.5. The van der Waals surface area contributed by atoms with Crippen LogP contribution in [-0.4, -0.2) is 12.6 Å². The Morgan fingerprint density at radius 3 is 2.72 bits per heavy atom. The first-order valence-electron chi connectivity index (χ1n) is 6.27. The lowest BCUT2D eigenvalue weighted by Crippen LogP contribution is -2.33. The number of benzene rings is 1. The molecule has 2 aromatic rings. The molecular formula is C15H18FNO. The molecule has 1 heterocycles. The van der Waals surface area contributed by atoms with Crippen LogP contribution in [0.3, 0.4) is 0 Å². The minimum absolute atomic E-state index is 0.132. The molecule has 0 aliphatic heterocycles. The van der Waals surface area contributed by atoms with Gasteiger partial charge in [-0.05, 0) is 42.6 Å². The van der Waals surface area contributed by atoms with Crippen LogP contribution in [0.4, 0.5) is 4.39 Å². The fourth-order valence-corrected chi connectivity index (χ4v) is 2.13. The van der Waals surface area contributed by atoms with Gasteiger partial charge in [-0.15, -0.1) is 0 Å². The van der Waals surface area contributed by atoms with Crippen LogP contribution in [0.5, 0.6) is 0 Å². The molecular weight excluding hydrogens is 229 g/mol. The van der Waals surface area contributed by atoms with Crippen LogP contribution in [0.1, 0.15) is 18.1 Å². The van der Waals surface area contributed by atoms with Crippen molar-refractivity contribution >= 4 is 0 Å². The lowest BCUT2D eigenvalue weighted by atomic mass is 10.00. The summed E-state index contributed by atoms with van der Waals surface area (Å²) in [5.74, 6) is -0.132. The SMILES string of the molecule is CCNC(Cc1ccoc1)Cc1ccccc1F. The van der Waals surface area contributed by atoms with Gasteiger partial charge in [0.2, 0.25) is 0 Å². The van der Waals surface area contributed by atoms with E-state index in [0.717, 1.165) is 24.1 Å². The third-order valence-corrected chi connectivity index (χ3v) is 2.98. The van der Waals surface area contributed by atoms with E-state index in [9.17, 15) is 4.39 Å². The van der Waals surface area contributed by atoms with E-state index in [1.165, 1.54) is 6.07 Å². The minimum atomic E-state index is -0.132. The highest BCUT2D eigenvalue weighted by atomic mass is 19.1. The zero-order valence-electron chi connectivity index (χ0n) is 10.5. The molecule has 2 nitrogen and oxygen atoms in total. The van der Waals surface area contributed by atoms with Crippen LogP contribution in [0.2, 0.25) is 0 Å². The Labute approximate surface area is 107 Å². The fourth-order valence-electron chi connectivity index (χ4n) is 2.13. The summed E-state index contributed by atoms with van der Waals surface area (Å²) in [6.45, 7) is 2.93. The van der Waals surface area contributed by atoms with Gasteiger partial charge in [0.1, 0.15) is 5.82 Å². The molecule has 0 radical (unpaired) electrons. The molecule has 0 spiro atoms. The van der Waals surface area contributed by atoms with Crippen LogP contribution in [0, 0.1) is 5.82 Å². The predicted molar refractivity (Wildman–Crippen MR) is 70.0 cm³/mol. The van der Waals surface area contributed by atoms with Crippen LogP contribution >= 0.6 is 0 Å². The maximum absolute atomic E-state index is 13.6. The van der Waals surface area contributed by atoms with Crippen molar-refractivity contribution in [1.29, 1.82) is 0 Å². The van der Waals surface area contributed by atoms with Crippen LogP contribution in [0.15, 0.2) is 47.3 Å². The fraction of sp³-hybridized carbons (Fsp3) is 0.333. The second kappa shape index (κ2) is 6.36. The monoisotopic (exact) mass is 247 g/mol. The van der Waals surface area contributed by atoms with Crippen molar-refractivity contribution in [3.63, 3.8) is 0 Å². The molecule has 1 aromatic heterocycles. The van der Waals surface area contributed by atoms with E-state index in [-0.39, 0.29) is 11.9 Å². The minimum Gasteiger partial charge on any atom is -0.472 e. The highest BCUT2D eigenvalue weighted by Crippen LogP contribution is 2.12. The van der Waals surface area contributed by atoms with Gasteiger partial charge in [0, 0.05) is 6.04 Å². The molecule has 0 bridgehead atoms. The van der Waals surface area contributed by atoms with Crippen molar-refractivity contribution < 1.29 is 8.81 Å². The van der Waals surface area contributed by atoms with Gasteiger partial charge in [0.15, 0.2) is 0 Å². The molecule has 96 valence electrons. The number of rotatable bonds is 6. The van der Waals surface area contributed by atoms with Gasteiger partial charge in [-0.3, -0.25) is 0 Å². The maximum atomic E-state index is 13.6. The maximum Gasteiger partial charge on any atom is 0.126 e. The van der Waals surface area contributed by atoms with Gasteiger partial charge in [0.25, 0.3) is 0 Å². The molecule has 18 heavy (non-hydrogen) atoms. The number of hydrogen-bond donors (Lipinski definition) is 1. The average Bonchev–Trinajstić information content (AvgIpc) is 2.85. The largest absolute Gasteiger partial charge is 0.472 e. The lowest BCUT2D eigenvalue weighted by molar-refractivity contribution is 0.501. The molecule has 0 aliphatic carbocycles. The van der Waals surface area contributed by atoms with Gasteiger partial charge >= 0.3 is 0 Å². The number of nitrogens with one attached hydrogen (secondary N) is 1. The molecule has 0 saturated heterocycles. The van der Waals surface area contributed by atoms with Crippen molar-refractivity contribution in [1.82, 2.24) is 5.32 Å². The summed E-state index contributed by atoms with van der Waals surface area (Å²) in [7, 11) is 0. The Morgan fingerprint density at radius 2 is 2.06 bits per heavy atom. The van der Waals surface area contributed by atoms with E-state index in [4.69, 9.17) is 4.42 Å². The van der Waals surface area contributed by atoms with Crippen molar-refractivity contribution in [3.8, 4) is 0 Å². The smallest absolute Gasteiger partial charge is 0.126 e.